The monoisotopic (exact) mass is 471 g/mol. The number of hydrogen-bond donors (Lipinski definition) is 1. The Bertz CT molecular complexity index is 998. The first kappa shape index (κ1) is 22.1. The van der Waals surface area contributed by atoms with Gasteiger partial charge in [-0.05, 0) is 48.7 Å². The molecule has 1 heterocycles. The zero-order valence-electron chi connectivity index (χ0n) is 17.4. The van der Waals surface area contributed by atoms with Gasteiger partial charge in [0, 0.05) is 16.6 Å². The number of ketones is 1. The number of methoxy groups -OCH3 is 1. The van der Waals surface area contributed by atoms with Crippen molar-refractivity contribution in [3.05, 3.63) is 69.2 Å². The molecule has 1 aliphatic heterocycles. The Kier molecular flexibility index (Phi) is 6.98. The van der Waals surface area contributed by atoms with Crippen molar-refractivity contribution in [2.24, 2.45) is 0 Å². The first-order valence-corrected chi connectivity index (χ1v) is 10.9. The van der Waals surface area contributed by atoms with Crippen molar-refractivity contribution < 1.29 is 19.4 Å². The number of Topliss-reactive ketones (excluding diaryl/α,β-unsaturated/α-hetero) is 1. The van der Waals surface area contributed by atoms with Gasteiger partial charge in [0.05, 0.1) is 18.7 Å². The van der Waals surface area contributed by atoms with Crippen LogP contribution in [0.4, 0.5) is 0 Å². The number of likely N-dealkylation sites (tertiary alicyclic amines) is 1. The highest BCUT2D eigenvalue weighted by Crippen LogP contribution is 2.40. The molecule has 2 aromatic rings. The number of carbonyl (C=O) groups is 2. The number of amides is 1. The van der Waals surface area contributed by atoms with Crippen LogP contribution in [0.1, 0.15) is 48.9 Å². The molecule has 0 aromatic heterocycles. The van der Waals surface area contributed by atoms with Crippen LogP contribution in [0.25, 0.3) is 5.76 Å². The van der Waals surface area contributed by atoms with Crippen molar-refractivity contribution >= 4 is 33.4 Å². The number of hydrogen-bond acceptors (Lipinski definition) is 4. The van der Waals surface area contributed by atoms with Gasteiger partial charge in [0.25, 0.3) is 11.7 Å². The highest BCUT2D eigenvalue weighted by molar-refractivity contribution is 9.10. The van der Waals surface area contributed by atoms with Crippen LogP contribution in [-0.2, 0) is 9.59 Å². The van der Waals surface area contributed by atoms with Gasteiger partial charge in [-0.3, -0.25) is 9.59 Å². The average Bonchev–Trinajstić information content (AvgIpc) is 3.00. The zero-order valence-corrected chi connectivity index (χ0v) is 19.0. The summed E-state index contributed by atoms with van der Waals surface area (Å²) in [4.78, 5) is 27.5. The van der Waals surface area contributed by atoms with E-state index in [1.807, 2.05) is 37.3 Å². The number of ether oxygens (including phenoxy) is 1. The summed E-state index contributed by atoms with van der Waals surface area (Å²) in [5.41, 5.74) is 2.29. The lowest BCUT2D eigenvalue weighted by Gasteiger charge is -2.25. The van der Waals surface area contributed by atoms with E-state index in [2.05, 4.69) is 22.9 Å². The number of unbranched alkanes of at least 4 members (excludes halogenated alkanes) is 2. The molecule has 0 bridgehead atoms. The lowest BCUT2D eigenvalue weighted by molar-refractivity contribution is -0.139. The number of rotatable bonds is 7. The molecule has 0 radical (unpaired) electrons. The number of aliphatic hydroxyl groups excluding tert-OH is 1. The quantitative estimate of drug-likeness (QED) is 0.254. The van der Waals surface area contributed by atoms with Gasteiger partial charge in [0.2, 0.25) is 0 Å². The maximum Gasteiger partial charge on any atom is 0.295 e. The minimum atomic E-state index is -0.655. The van der Waals surface area contributed by atoms with Crippen molar-refractivity contribution in [1.29, 1.82) is 0 Å². The van der Waals surface area contributed by atoms with Gasteiger partial charge in [0.15, 0.2) is 0 Å². The fraction of sp³-hybridized carbons (Fsp3) is 0.333. The van der Waals surface area contributed by atoms with E-state index >= 15 is 0 Å². The van der Waals surface area contributed by atoms with Crippen LogP contribution >= 0.6 is 15.9 Å². The topological polar surface area (TPSA) is 66.8 Å². The van der Waals surface area contributed by atoms with Crippen LogP contribution in [-0.4, -0.2) is 35.4 Å². The van der Waals surface area contributed by atoms with E-state index in [4.69, 9.17) is 4.74 Å². The molecule has 1 fully saturated rings. The van der Waals surface area contributed by atoms with Gasteiger partial charge in [0.1, 0.15) is 11.5 Å². The zero-order chi connectivity index (χ0) is 21.8. The van der Waals surface area contributed by atoms with Crippen LogP contribution in [0.5, 0.6) is 5.75 Å². The molecule has 1 amide bonds. The molecule has 1 saturated heterocycles. The van der Waals surface area contributed by atoms with Gasteiger partial charge in [-0.1, -0.05) is 53.9 Å². The van der Waals surface area contributed by atoms with E-state index < -0.39 is 17.7 Å². The maximum absolute atomic E-state index is 13.0. The third-order valence-corrected chi connectivity index (χ3v) is 6.27. The molecule has 158 valence electrons. The molecular formula is C24H26BrNO4. The van der Waals surface area contributed by atoms with E-state index in [9.17, 15) is 14.7 Å². The predicted octanol–water partition coefficient (Wildman–Crippen LogP) is 5.38. The number of carbonyl (C=O) groups excluding carboxylic acids is 2. The fourth-order valence-corrected chi connectivity index (χ4v) is 4.00. The largest absolute Gasteiger partial charge is 0.507 e. The van der Waals surface area contributed by atoms with Gasteiger partial charge in [-0.2, -0.15) is 0 Å². The average molecular weight is 472 g/mol. The van der Waals surface area contributed by atoms with Crippen LogP contribution < -0.4 is 4.74 Å². The second kappa shape index (κ2) is 9.47. The molecule has 1 N–H and O–H groups in total. The highest BCUT2D eigenvalue weighted by Gasteiger charge is 2.45. The van der Waals surface area contributed by atoms with Gasteiger partial charge in [-0.25, -0.2) is 0 Å². The van der Waals surface area contributed by atoms with Gasteiger partial charge in [-0.15, -0.1) is 0 Å². The molecule has 0 spiro atoms. The van der Waals surface area contributed by atoms with Crippen LogP contribution in [0.15, 0.2) is 52.5 Å². The number of benzene rings is 2. The summed E-state index contributed by atoms with van der Waals surface area (Å²) in [7, 11) is 1.57. The molecule has 1 aliphatic rings. The second-order valence-electron chi connectivity index (χ2n) is 7.44. The standard InChI is InChI=1S/C24H26BrNO4/c1-4-5-6-12-26-21(16-8-7-9-18(14-16)30-3)20(23(28)24(26)29)22(27)17-10-11-19(25)15(2)13-17/h7-11,13-14,21,27H,4-6,12H2,1-3H3/b22-20-. The van der Waals surface area contributed by atoms with Crippen molar-refractivity contribution in [1.82, 2.24) is 4.90 Å². The molecule has 30 heavy (non-hydrogen) atoms. The number of aliphatic hydroxyl groups is 1. The van der Waals surface area contributed by atoms with Crippen LogP contribution in [0, 0.1) is 6.92 Å². The molecule has 5 nitrogen and oxygen atoms in total. The van der Waals surface area contributed by atoms with E-state index in [0.29, 0.717) is 17.9 Å². The Hall–Kier alpha value is -2.60. The number of nitrogens with zero attached hydrogens (tertiary/aromatic N) is 1. The molecule has 0 aliphatic carbocycles. The smallest absolute Gasteiger partial charge is 0.295 e. The van der Waals surface area contributed by atoms with Crippen molar-refractivity contribution in [3.63, 3.8) is 0 Å². The summed E-state index contributed by atoms with van der Waals surface area (Å²) in [5, 5.41) is 11.1. The van der Waals surface area contributed by atoms with Crippen molar-refractivity contribution in [2.75, 3.05) is 13.7 Å². The maximum atomic E-state index is 13.0. The third kappa shape index (κ3) is 4.29. The first-order chi connectivity index (χ1) is 14.4. The van der Waals surface area contributed by atoms with Gasteiger partial charge < -0.3 is 14.7 Å². The second-order valence-corrected chi connectivity index (χ2v) is 8.29. The Morgan fingerprint density at radius 1 is 1.17 bits per heavy atom. The minimum absolute atomic E-state index is 0.117. The van der Waals surface area contributed by atoms with Gasteiger partial charge >= 0.3 is 0 Å². The summed E-state index contributed by atoms with van der Waals surface area (Å²) in [6.45, 7) is 4.45. The lowest BCUT2D eigenvalue weighted by atomic mass is 9.94. The molecule has 3 rings (SSSR count). The Morgan fingerprint density at radius 3 is 2.60 bits per heavy atom. The summed E-state index contributed by atoms with van der Waals surface area (Å²) >= 11 is 3.45. The van der Waals surface area contributed by atoms with Crippen LogP contribution in [0.2, 0.25) is 0 Å². The predicted molar refractivity (Wildman–Crippen MR) is 120 cm³/mol. The summed E-state index contributed by atoms with van der Waals surface area (Å²) in [6.07, 6.45) is 2.76. The van der Waals surface area contributed by atoms with E-state index in [-0.39, 0.29) is 11.3 Å². The van der Waals surface area contributed by atoms with E-state index in [0.717, 1.165) is 34.9 Å². The summed E-state index contributed by atoms with van der Waals surface area (Å²) in [6, 6.07) is 12.0. The number of aryl methyl sites for hydroxylation is 1. The number of halogens is 1. The summed E-state index contributed by atoms with van der Waals surface area (Å²) < 4.78 is 6.24. The normalized spacial score (nSPS) is 18.1. The van der Waals surface area contributed by atoms with Crippen molar-refractivity contribution in [2.45, 2.75) is 39.2 Å². The van der Waals surface area contributed by atoms with E-state index in [1.54, 1.807) is 24.1 Å². The molecule has 1 unspecified atom stereocenters. The minimum Gasteiger partial charge on any atom is -0.507 e. The third-order valence-electron chi connectivity index (χ3n) is 5.38. The molecule has 2 aromatic carbocycles. The van der Waals surface area contributed by atoms with Crippen LogP contribution in [0.3, 0.4) is 0 Å². The van der Waals surface area contributed by atoms with E-state index in [1.165, 1.54) is 0 Å². The molecule has 6 heteroatoms. The van der Waals surface area contributed by atoms with Crippen molar-refractivity contribution in [3.8, 4) is 5.75 Å². The molecule has 1 atom stereocenters. The summed E-state index contributed by atoms with van der Waals surface area (Å²) in [5.74, 6) is -0.757. The Balaban J connectivity index is 2.15. The fourth-order valence-electron chi connectivity index (χ4n) is 3.75. The molecular weight excluding hydrogens is 446 g/mol. The Labute approximate surface area is 185 Å². The first-order valence-electron chi connectivity index (χ1n) is 10.1. The molecule has 0 saturated carbocycles. The lowest BCUT2D eigenvalue weighted by Crippen LogP contribution is -2.30. The SMILES string of the molecule is CCCCCN1C(=O)C(=O)/C(=C(\O)c2ccc(Br)c(C)c2)C1c1cccc(OC)c1. The Morgan fingerprint density at radius 2 is 1.93 bits per heavy atom. The highest BCUT2D eigenvalue weighted by atomic mass is 79.9.